The van der Waals surface area contributed by atoms with Crippen LogP contribution in [0.2, 0.25) is 5.02 Å². The van der Waals surface area contributed by atoms with E-state index in [9.17, 15) is 4.79 Å². The minimum Gasteiger partial charge on any atom is -0.486 e. The molecule has 0 bridgehead atoms. The molecule has 0 saturated heterocycles. The number of halogens is 1. The first kappa shape index (κ1) is 18.2. The van der Waals surface area contributed by atoms with Gasteiger partial charge < -0.3 is 20.1 Å². The maximum absolute atomic E-state index is 12.5. The van der Waals surface area contributed by atoms with Crippen LogP contribution in [0.3, 0.4) is 0 Å². The number of rotatable bonds is 5. The summed E-state index contributed by atoms with van der Waals surface area (Å²) in [5.41, 5.74) is 3.39. The fourth-order valence-electron chi connectivity index (χ4n) is 3.03. The van der Waals surface area contributed by atoms with Gasteiger partial charge in [-0.1, -0.05) is 60.1 Å². The summed E-state index contributed by atoms with van der Waals surface area (Å²) in [5, 5.41) is 6.50. The third-order valence-electron chi connectivity index (χ3n) is 4.36. The van der Waals surface area contributed by atoms with Crippen molar-refractivity contribution in [3.63, 3.8) is 0 Å². The van der Waals surface area contributed by atoms with Crippen molar-refractivity contribution in [3.05, 3.63) is 71.8 Å². The van der Waals surface area contributed by atoms with Gasteiger partial charge in [0.2, 0.25) is 5.91 Å². The third kappa shape index (κ3) is 4.05. The third-order valence-corrected chi connectivity index (χ3v) is 4.67. The van der Waals surface area contributed by atoms with E-state index in [-0.39, 0.29) is 12.5 Å². The van der Waals surface area contributed by atoms with E-state index >= 15 is 0 Å². The van der Waals surface area contributed by atoms with Crippen LogP contribution in [0.25, 0.3) is 11.1 Å². The Morgan fingerprint density at radius 1 is 0.893 bits per heavy atom. The van der Waals surface area contributed by atoms with Crippen molar-refractivity contribution >= 4 is 28.9 Å². The van der Waals surface area contributed by atoms with Crippen molar-refractivity contribution in [2.24, 2.45) is 0 Å². The quantitative estimate of drug-likeness (QED) is 0.650. The van der Waals surface area contributed by atoms with Crippen molar-refractivity contribution < 1.29 is 14.3 Å². The average Bonchev–Trinajstić information content (AvgIpc) is 2.73. The summed E-state index contributed by atoms with van der Waals surface area (Å²) in [4.78, 5) is 12.5. The molecule has 0 atom stereocenters. The first-order valence-electron chi connectivity index (χ1n) is 8.98. The van der Waals surface area contributed by atoms with E-state index in [0.29, 0.717) is 35.4 Å². The molecule has 142 valence electrons. The molecule has 0 aliphatic carbocycles. The summed E-state index contributed by atoms with van der Waals surface area (Å²) >= 11 is 6.28. The van der Waals surface area contributed by atoms with Crippen molar-refractivity contribution in [3.8, 4) is 22.6 Å². The van der Waals surface area contributed by atoms with Crippen molar-refractivity contribution in [1.29, 1.82) is 0 Å². The van der Waals surface area contributed by atoms with Crippen LogP contribution in [0.15, 0.2) is 66.7 Å². The second kappa shape index (κ2) is 8.23. The number of nitrogens with one attached hydrogen (secondary N) is 2. The molecule has 3 aromatic rings. The Kier molecular flexibility index (Phi) is 5.35. The molecule has 1 amide bonds. The molecular weight excluding hydrogens is 376 g/mol. The Balaban J connectivity index is 1.45. The number of carbonyl (C=O) groups is 1. The first-order chi connectivity index (χ1) is 13.7. The maximum atomic E-state index is 12.5. The zero-order valence-electron chi connectivity index (χ0n) is 15.1. The maximum Gasteiger partial charge on any atom is 0.243 e. The average molecular weight is 395 g/mol. The van der Waals surface area contributed by atoms with Gasteiger partial charge in [-0.25, -0.2) is 0 Å². The molecule has 0 spiro atoms. The first-order valence-corrected chi connectivity index (χ1v) is 9.36. The molecule has 1 heterocycles. The molecule has 0 aromatic heterocycles. The summed E-state index contributed by atoms with van der Waals surface area (Å²) in [6.07, 6.45) is 0. The minimum absolute atomic E-state index is 0.0719. The predicted octanol–water partition coefficient (Wildman–Crippen LogP) is 4.83. The lowest BCUT2D eigenvalue weighted by molar-refractivity contribution is -0.114. The lowest BCUT2D eigenvalue weighted by Crippen LogP contribution is -2.22. The van der Waals surface area contributed by atoms with Gasteiger partial charge in [0, 0.05) is 23.4 Å². The van der Waals surface area contributed by atoms with Gasteiger partial charge in [0.15, 0.2) is 11.5 Å². The SMILES string of the molecule is O=C(CNc1cc2c(cc1Cl)OCCO2)Nc1ccccc1-c1ccccc1. The number of para-hydroxylation sites is 1. The number of hydrogen-bond donors (Lipinski definition) is 2. The minimum atomic E-state index is -0.172. The molecule has 2 N–H and O–H groups in total. The van der Waals surface area contributed by atoms with Crippen molar-refractivity contribution in [2.75, 3.05) is 30.4 Å². The molecule has 0 fully saturated rings. The Morgan fingerprint density at radius 3 is 2.36 bits per heavy atom. The number of carbonyl (C=O) groups excluding carboxylic acids is 1. The lowest BCUT2D eigenvalue weighted by Gasteiger charge is -2.20. The predicted molar refractivity (Wildman–Crippen MR) is 111 cm³/mol. The highest BCUT2D eigenvalue weighted by atomic mass is 35.5. The van der Waals surface area contributed by atoms with Crippen LogP contribution in [0.5, 0.6) is 11.5 Å². The molecule has 0 radical (unpaired) electrons. The molecule has 1 aliphatic rings. The highest BCUT2D eigenvalue weighted by Crippen LogP contribution is 2.37. The van der Waals surface area contributed by atoms with Crippen LogP contribution in [-0.2, 0) is 4.79 Å². The van der Waals surface area contributed by atoms with Crippen molar-refractivity contribution in [1.82, 2.24) is 0 Å². The fraction of sp³-hybridized carbons (Fsp3) is 0.136. The molecule has 1 aliphatic heterocycles. The van der Waals surface area contributed by atoms with E-state index in [2.05, 4.69) is 10.6 Å². The van der Waals surface area contributed by atoms with Crippen LogP contribution in [0.4, 0.5) is 11.4 Å². The zero-order valence-corrected chi connectivity index (χ0v) is 15.8. The molecule has 3 aromatic carbocycles. The Morgan fingerprint density at radius 2 is 1.57 bits per heavy atom. The van der Waals surface area contributed by atoms with Gasteiger partial charge in [0.05, 0.1) is 17.3 Å². The van der Waals surface area contributed by atoms with Crippen LogP contribution < -0.4 is 20.1 Å². The molecule has 4 rings (SSSR count). The number of amides is 1. The second-order valence-electron chi connectivity index (χ2n) is 6.29. The largest absolute Gasteiger partial charge is 0.486 e. The molecule has 0 saturated carbocycles. The van der Waals surface area contributed by atoms with E-state index in [1.807, 2.05) is 54.6 Å². The number of ether oxygens (including phenoxy) is 2. The van der Waals surface area contributed by atoms with Crippen LogP contribution in [0.1, 0.15) is 0 Å². The van der Waals surface area contributed by atoms with Crippen molar-refractivity contribution in [2.45, 2.75) is 0 Å². The number of fused-ring (bicyclic) bond motifs is 1. The summed E-state index contributed by atoms with van der Waals surface area (Å²) in [7, 11) is 0. The van der Waals surface area contributed by atoms with Gasteiger partial charge in [-0.3, -0.25) is 4.79 Å². The van der Waals surface area contributed by atoms with Crippen LogP contribution in [-0.4, -0.2) is 25.7 Å². The van der Waals surface area contributed by atoms with Gasteiger partial charge in [0.25, 0.3) is 0 Å². The number of benzene rings is 3. The smallest absolute Gasteiger partial charge is 0.243 e. The highest BCUT2D eigenvalue weighted by Gasteiger charge is 2.16. The van der Waals surface area contributed by atoms with Gasteiger partial charge in [0.1, 0.15) is 13.2 Å². The Labute approximate surface area is 168 Å². The summed E-state index contributed by atoms with van der Waals surface area (Å²) < 4.78 is 11.1. The standard InChI is InChI=1S/C22H19ClN2O3/c23-17-12-20-21(28-11-10-27-20)13-19(17)24-14-22(26)25-18-9-5-4-8-16(18)15-6-2-1-3-7-15/h1-9,12-13,24H,10-11,14H2,(H,25,26). The number of hydrogen-bond acceptors (Lipinski definition) is 4. The molecule has 6 heteroatoms. The lowest BCUT2D eigenvalue weighted by atomic mass is 10.0. The zero-order chi connectivity index (χ0) is 19.3. The second-order valence-corrected chi connectivity index (χ2v) is 6.70. The van der Waals surface area contributed by atoms with Crippen LogP contribution >= 0.6 is 11.6 Å². The number of anilines is 2. The fourth-order valence-corrected chi connectivity index (χ4v) is 3.25. The van der Waals surface area contributed by atoms with Gasteiger partial charge in [-0.2, -0.15) is 0 Å². The summed E-state index contributed by atoms with van der Waals surface area (Å²) in [6, 6.07) is 21.1. The molecule has 28 heavy (non-hydrogen) atoms. The topological polar surface area (TPSA) is 59.6 Å². The molecule has 5 nitrogen and oxygen atoms in total. The normalized spacial score (nSPS) is 12.3. The Hall–Kier alpha value is -3.18. The highest BCUT2D eigenvalue weighted by molar-refractivity contribution is 6.33. The van der Waals surface area contributed by atoms with Gasteiger partial charge >= 0.3 is 0 Å². The van der Waals surface area contributed by atoms with E-state index in [0.717, 1.165) is 16.8 Å². The van der Waals surface area contributed by atoms with E-state index < -0.39 is 0 Å². The monoisotopic (exact) mass is 394 g/mol. The van der Waals surface area contributed by atoms with Gasteiger partial charge in [-0.15, -0.1) is 0 Å². The van der Waals surface area contributed by atoms with E-state index in [1.54, 1.807) is 12.1 Å². The summed E-state index contributed by atoms with van der Waals surface area (Å²) in [6.45, 7) is 1.06. The molecule has 0 unspecified atom stereocenters. The van der Waals surface area contributed by atoms with Crippen LogP contribution in [0, 0.1) is 0 Å². The summed E-state index contributed by atoms with van der Waals surface area (Å²) in [5.74, 6) is 1.06. The van der Waals surface area contributed by atoms with E-state index in [4.69, 9.17) is 21.1 Å². The molecular formula is C22H19ClN2O3. The van der Waals surface area contributed by atoms with E-state index in [1.165, 1.54) is 0 Å². The Bertz CT molecular complexity index is 992. The van der Waals surface area contributed by atoms with Gasteiger partial charge in [-0.05, 0) is 11.6 Å².